The highest BCUT2D eigenvalue weighted by Crippen LogP contribution is 2.12. The van der Waals surface area contributed by atoms with E-state index in [9.17, 15) is 4.79 Å². The Labute approximate surface area is 142 Å². The third-order valence-electron chi connectivity index (χ3n) is 3.77. The lowest BCUT2D eigenvalue weighted by atomic mass is 10.1. The minimum atomic E-state index is -0.143. The minimum absolute atomic E-state index is 0.106. The smallest absolute Gasteiger partial charge is 0.317 e. The normalized spacial score (nSPS) is 12.2. The zero-order chi connectivity index (χ0) is 17.7. The number of carbonyl (C=O) groups is 1. The van der Waals surface area contributed by atoms with Gasteiger partial charge in [-0.25, -0.2) is 4.79 Å². The molecule has 2 rings (SSSR count). The van der Waals surface area contributed by atoms with E-state index in [0.29, 0.717) is 24.7 Å². The number of aryl methyl sites for hydroxylation is 1. The molecule has 2 aromatic rings. The quantitative estimate of drug-likeness (QED) is 0.880. The van der Waals surface area contributed by atoms with Crippen LogP contribution in [0.4, 0.5) is 4.79 Å². The average Bonchev–Trinajstić information content (AvgIpc) is 3.02. The summed E-state index contributed by atoms with van der Waals surface area (Å²) in [7, 11) is 1.75. The van der Waals surface area contributed by atoms with Crippen LogP contribution in [0.5, 0.6) is 0 Å². The number of nitrogens with one attached hydrogen (secondary N) is 1. The topological polar surface area (TPSA) is 84.2 Å². The van der Waals surface area contributed by atoms with Crippen LogP contribution in [0.15, 0.2) is 22.9 Å². The van der Waals surface area contributed by atoms with Crippen molar-refractivity contribution in [1.82, 2.24) is 25.3 Å². The van der Waals surface area contributed by atoms with Gasteiger partial charge in [0.15, 0.2) is 5.82 Å². The standard InChI is InChI=1S/C17H25N5O2/c1-11(2)16-20-15(21-24-16)8-9-22(5)17(23)19-13(4)14-7-6-12(3)18-10-14/h6-7,10-11,13H,8-9H2,1-5H3,(H,19,23)/t13-/m0/s1. The van der Waals surface area contributed by atoms with Crippen LogP contribution in [0.1, 0.15) is 55.7 Å². The fourth-order valence-corrected chi connectivity index (χ4v) is 2.09. The molecule has 2 amide bonds. The Hall–Kier alpha value is -2.44. The first kappa shape index (κ1) is 17.9. The first-order chi connectivity index (χ1) is 11.4. The van der Waals surface area contributed by atoms with E-state index in [-0.39, 0.29) is 18.0 Å². The van der Waals surface area contributed by atoms with Crippen LogP contribution in [0, 0.1) is 6.92 Å². The second-order valence-corrected chi connectivity index (χ2v) is 6.28. The maximum Gasteiger partial charge on any atom is 0.317 e. The summed E-state index contributed by atoms with van der Waals surface area (Å²) in [6, 6.07) is 3.66. The number of urea groups is 1. The lowest BCUT2D eigenvalue weighted by Gasteiger charge is -2.21. The van der Waals surface area contributed by atoms with E-state index in [1.807, 2.05) is 39.8 Å². The van der Waals surface area contributed by atoms with Crippen LogP contribution in [-0.2, 0) is 6.42 Å². The predicted molar refractivity (Wildman–Crippen MR) is 90.6 cm³/mol. The van der Waals surface area contributed by atoms with Crippen molar-refractivity contribution < 1.29 is 9.32 Å². The van der Waals surface area contributed by atoms with Crippen molar-refractivity contribution >= 4 is 6.03 Å². The van der Waals surface area contributed by atoms with E-state index in [2.05, 4.69) is 20.4 Å². The Kier molecular flexibility index (Phi) is 5.89. The second kappa shape index (κ2) is 7.90. The van der Waals surface area contributed by atoms with E-state index in [4.69, 9.17) is 4.52 Å². The third-order valence-corrected chi connectivity index (χ3v) is 3.77. The summed E-state index contributed by atoms with van der Waals surface area (Å²) in [4.78, 5) is 22.4. The minimum Gasteiger partial charge on any atom is -0.339 e. The molecule has 130 valence electrons. The van der Waals surface area contributed by atoms with Gasteiger partial charge in [0.1, 0.15) is 0 Å². The number of hydrogen-bond donors (Lipinski definition) is 1. The molecule has 7 nitrogen and oxygen atoms in total. The monoisotopic (exact) mass is 331 g/mol. The van der Waals surface area contributed by atoms with E-state index >= 15 is 0 Å². The molecule has 0 fully saturated rings. The van der Waals surface area contributed by atoms with E-state index < -0.39 is 0 Å². The second-order valence-electron chi connectivity index (χ2n) is 6.28. The molecule has 0 radical (unpaired) electrons. The van der Waals surface area contributed by atoms with Crippen LogP contribution in [0.25, 0.3) is 0 Å². The number of amides is 2. The van der Waals surface area contributed by atoms with Gasteiger partial charge in [0.25, 0.3) is 0 Å². The van der Waals surface area contributed by atoms with Crippen molar-refractivity contribution in [1.29, 1.82) is 0 Å². The number of nitrogens with zero attached hydrogens (tertiary/aromatic N) is 4. The fraction of sp³-hybridized carbons (Fsp3) is 0.529. The molecule has 1 atom stereocenters. The Balaban J connectivity index is 1.83. The summed E-state index contributed by atoms with van der Waals surface area (Å²) in [5.74, 6) is 1.45. The van der Waals surface area contributed by atoms with Gasteiger partial charge in [-0.1, -0.05) is 25.1 Å². The van der Waals surface area contributed by atoms with E-state index in [0.717, 1.165) is 11.3 Å². The fourth-order valence-electron chi connectivity index (χ4n) is 2.09. The van der Waals surface area contributed by atoms with Crippen molar-refractivity contribution in [2.45, 2.75) is 46.1 Å². The van der Waals surface area contributed by atoms with Gasteiger partial charge in [0.05, 0.1) is 6.04 Å². The average molecular weight is 331 g/mol. The molecule has 0 spiro atoms. The van der Waals surface area contributed by atoms with Gasteiger partial charge in [0.2, 0.25) is 5.89 Å². The molecule has 2 aromatic heterocycles. The highest BCUT2D eigenvalue weighted by atomic mass is 16.5. The molecular weight excluding hydrogens is 306 g/mol. The first-order valence-electron chi connectivity index (χ1n) is 8.13. The highest BCUT2D eigenvalue weighted by molar-refractivity contribution is 5.74. The summed E-state index contributed by atoms with van der Waals surface area (Å²) >= 11 is 0. The maximum atomic E-state index is 12.3. The van der Waals surface area contributed by atoms with Gasteiger partial charge in [-0.3, -0.25) is 4.98 Å². The van der Waals surface area contributed by atoms with Crippen molar-refractivity contribution in [3.8, 4) is 0 Å². The molecule has 2 heterocycles. The SMILES string of the molecule is Cc1ccc([C@H](C)NC(=O)N(C)CCc2noc(C(C)C)n2)cn1. The molecule has 0 aliphatic carbocycles. The maximum absolute atomic E-state index is 12.3. The number of carbonyl (C=O) groups excluding carboxylic acids is 1. The van der Waals surface area contributed by atoms with Crippen molar-refractivity contribution in [3.63, 3.8) is 0 Å². The van der Waals surface area contributed by atoms with Crippen LogP contribution < -0.4 is 5.32 Å². The predicted octanol–water partition coefficient (Wildman–Crippen LogP) is 2.84. The van der Waals surface area contributed by atoms with Gasteiger partial charge >= 0.3 is 6.03 Å². The van der Waals surface area contributed by atoms with Gasteiger partial charge in [-0.2, -0.15) is 4.98 Å². The van der Waals surface area contributed by atoms with Gasteiger partial charge in [0, 0.05) is 37.8 Å². The molecule has 0 saturated carbocycles. The lowest BCUT2D eigenvalue weighted by Crippen LogP contribution is -2.39. The molecule has 0 saturated heterocycles. The molecule has 0 aliphatic heterocycles. The van der Waals surface area contributed by atoms with Crippen LogP contribution in [0.3, 0.4) is 0 Å². The summed E-state index contributed by atoms with van der Waals surface area (Å²) < 4.78 is 5.16. The van der Waals surface area contributed by atoms with Crippen molar-refractivity contribution in [2.24, 2.45) is 0 Å². The van der Waals surface area contributed by atoms with Crippen molar-refractivity contribution in [2.75, 3.05) is 13.6 Å². The summed E-state index contributed by atoms with van der Waals surface area (Å²) in [6.07, 6.45) is 2.34. The summed E-state index contributed by atoms with van der Waals surface area (Å²) in [6.45, 7) is 8.38. The number of pyridine rings is 1. The van der Waals surface area contributed by atoms with Gasteiger partial charge < -0.3 is 14.7 Å². The largest absolute Gasteiger partial charge is 0.339 e. The molecular formula is C17H25N5O2. The van der Waals surface area contributed by atoms with Crippen LogP contribution >= 0.6 is 0 Å². The Morgan fingerprint density at radius 3 is 2.67 bits per heavy atom. The van der Waals surface area contributed by atoms with Crippen LogP contribution in [0.2, 0.25) is 0 Å². The Bertz CT molecular complexity index is 666. The summed E-state index contributed by atoms with van der Waals surface area (Å²) in [5.41, 5.74) is 1.93. The molecule has 24 heavy (non-hydrogen) atoms. The van der Waals surface area contributed by atoms with Crippen molar-refractivity contribution in [3.05, 3.63) is 41.3 Å². The zero-order valence-corrected chi connectivity index (χ0v) is 14.9. The highest BCUT2D eigenvalue weighted by Gasteiger charge is 2.15. The summed E-state index contributed by atoms with van der Waals surface area (Å²) in [5, 5.41) is 6.89. The number of rotatable bonds is 6. The number of aromatic nitrogens is 3. The van der Waals surface area contributed by atoms with Gasteiger partial charge in [-0.15, -0.1) is 0 Å². The van der Waals surface area contributed by atoms with Gasteiger partial charge in [-0.05, 0) is 25.5 Å². The molecule has 0 bridgehead atoms. The zero-order valence-electron chi connectivity index (χ0n) is 14.9. The molecule has 0 aromatic carbocycles. The third kappa shape index (κ3) is 4.78. The number of likely N-dealkylation sites (N-methyl/N-ethyl adjacent to an activating group) is 1. The molecule has 7 heteroatoms. The lowest BCUT2D eigenvalue weighted by molar-refractivity contribution is 0.205. The molecule has 0 unspecified atom stereocenters. The Morgan fingerprint density at radius 1 is 1.33 bits per heavy atom. The molecule has 1 N–H and O–H groups in total. The first-order valence-corrected chi connectivity index (χ1v) is 8.13. The van der Waals surface area contributed by atoms with E-state index in [1.165, 1.54) is 0 Å². The number of hydrogen-bond acceptors (Lipinski definition) is 5. The van der Waals surface area contributed by atoms with E-state index in [1.54, 1.807) is 18.1 Å². The molecule has 0 aliphatic rings. The Morgan fingerprint density at radius 2 is 2.08 bits per heavy atom. The van der Waals surface area contributed by atoms with Crippen LogP contribution in [-0.4, -0.2) is 39.6 Å².